The van der Waals surface area contributed by atoms with Gasteiger partial charge < -0.3 is 0 Å². The fraction of sp³-hybridized carbons (Fsp3) is 0.235. The van der Waals surface area contributed by atoms with Crippen LogP contribution < -0.4 is 0 Å². The van der Waals surface area contributed by atoms with E-state index in [1.807, 2.05) is 37.3 Å². The van der Waals surface area contributed by atoms with Crippen molar-refractivity contribution in [2.45, 2.75) is 19.8 Å². The lowest BCUT2D eigenvalue weighted by atomic mass is 9.91. The SMILES string of the molecule is CCC(Cc1ccccc1-c1ccccc1)C(=O)Cl. The van der Waals surface area contributed by atoms with E-state index in [1.54, 1.807) is 0 Å². The molecule has 2 heteroatoms. The first-order chi connectivity index (χ1) is 9.22. The molecular weight excluding hydrogens is 256 g/mol. The lowest BCUT2D eigenvalue weighted by Crippen LogP contribution is -2.11. The Morgan fingerprint density at radius 1 is 1.05 bits per heavy atom. The Labute approximate surface area is 119 Å². The van der Waals surface area contributed by atoms with Crippen LogP contribution in [0.3, 0.4) is 0 Å². The molecule has 0 aliphatic heterocycles. The van der Waals surface area contributed by atoms with Crippen molar-refractivity contribution in [3.05, 3.63) is 60.2 Å². The van der Waals surface area contributed by atoms with Crippen LogP contribution in [-0.2, 0) is 11.2 Å². The van der Waals surface area contributed by atoms with Crippen LogP contribution >= 0.6 is 11.6 Å². The van der Waals surface area contributed by atoms with Gasteiger partial charge in [0.25, 0.3) is 0 Å². The summed E-state index contributed by atoms with van der Waals surface area (Å²) in [6, 6.07) is 18.4. The lowest BCUT2D eigenvalue weighted by molar-refractivity contribution is -0.115. The van der Waals surface area contributed by atoms with Gasteiger partial charge in [-0.15, -0.1) is 0 Å². The third kappa shape index (κ3) is 3.45. The largest absolute Gasteiger partial charge is 0.281 e. The van der Waals surface area contributed by atoms with Gasteiger partial charge >= 0.3 is 0 Å². The first kappa shape index (κ1) is 13.8. The van der Waals surface area contributed by atoms with Crippen LogP contribution in [0.2, 0.25) is 0 Å². The van der Waals surface area contributed by atoms with Gasteiger partial charge in [0.2, 0.25) is 5.24 Å². The van der Waals surface area contributed by atoms with E-state index in [0.29, 0.717) is 6.42 Å². The zero-order valence-electron chi connectivity index (χ0n) is 11.0. The van der Waals surface area contributed by atoms with Gasteiger partial charge in [-0.2, -0.15) is 0 Å². The predicted molar refractivity (Wildman–Crippen MR) is 80.2 cm³/mol. The summed E-state index contributed by atoms with van der Waals surface area (Å²) in [6.07, 6.45) is 1.47. The Balaban J connectivity index is 2.34. The second-order valence-corrected chi connectivity index (χ2v) is 5.01. The Hall–Kier alpha value is -1.60. The standard InChI is InChI=1S/C17H17ClO/c1-2-13(17(18)19)12-15-10-6-7-11-16(15)14-8-4-3-5-9-14/h3-11,13H,2,12H2,1H3. The molecule has 0 heterocycles. The summed E-state index contributed by atoms with van der Waals surface area (Å²) < 4.78 is 0. The molecule has 0 aliphatic rings. The lowest BCUT2D eigenvalue weighted by Gasteiger charge is -2.14. The molecule has 1 unspecified atom stereocenters. The molecule has 2 rings (SSSR count). The Bertz CT molecular complexity index is 548. The molecule has 0 aliphatic carbocycles. The van der Waals surface area contributed by atoms with Crippen molar-refractivity contribution in [2.75, 3.05) is 0 Å². The zero-order valence-corrected chi connectivity index (χ0v) is 11.7. The van der Waals surface area contributed by atoms with E-state index in [2.05, 4.69) is 24.3 Å². The van der Waals surface area contributed by atoms with Crippen LogP contribution in [0.1, 0.15) is 18.9 Å². The summed E-state index contributed by atoms with van der Waals surface area (Å²) in [7, 11) is 0. The van der Waals surface area contributed by atoms with Crippen LogP contribution in [0.5, 0.6) is 0 Å². The Morgan fingerprint density at radius 2 is 1.68 bits per heavy atom. The topological polar surface area (TPSA) is 17.1 Å². The fourth-order valence-electron chi connectivity index (χ4n) is 2.25. The molecule has 0 N–H and O–H groups in total. The maximum absolute atomic E-state index is 11.4. The van der Waals surface area contributed by atoms with Crippen LogP contribution in [0.4, 0.5) is 0 Å². The van der Waals surface area contributed by atoms with Crippen molar-refractivity contribution in [2.24, 2.45) is 5.92 Å². The van der Waals surface area contributed by atoms with Gasteiger partial charge in [-0.05, 0) is 41.1 Å². The highest BCUT2D eigenvalue weighted by Gasteiger charge is 2.16. The molecule has 0 spiro atoms. The van der Waals surface area contributed by atoms with Gasteiger partial charge in [0, 0.05) is 5.92 Å². The summed E-state index contributed by atoms with van der Waals surface area (Å²) >= 11 is 5.65. The smallest absolute Gasteiger partial charge is 0.225 e. The fourth-order valence-corrected chi connectivity index (χ4v) is 2.48. The molecule has 0 bridgehead atoms. The van der Waals surface area contributed by atoms with Crippen LogP contribution in [0.15, 0.2) is 54.6 Å². The maximum atomic E-state index is 11.4. The molecule has 0 radical (unpaired) electrons. The predicted octanol–water partition coefficient (Wildman–Crippen LogP) is 4.69. The highest BCUT2D eigenvalue weighted by atomic mass is 35.5. The monoisotopic (exact) mass is 272 g/mol. The molecule has 0 fully saturated rings. The molecule has 1 atom stereocenters. The number of benzene rings is 2. The first-order valence-corrected chi connectivity index (χ1v) is 6.92. The minimum Gasteiger partial charge on any atom is -0.281 e. The highest BCUT2D eigenvalue weighted by molar-refractivity contribution is 6.64. The minimum atomic E-state index is -0.245. The number of hydrogen-bond donors (Lipinski definition) is 0. The van der Waals surface area contributed by atoms with Crippen molar-refractivity contribution >= 4 is 16.8 Å². The van der Waals surface area contributed by atoms with Crippen LogP contribution in [0.25, 0.3) is 11.1 Å². The summed E-state index contributed by atoms with van der Waals surface area (Å²) in [5.74, 6) is -0.105. The average molecular weight is 273 g/mol. The van der Waals surface area contributed by atoms with E-state index in [1.165, 1.54) is 16.7 Å². The maximum Gasteiger partial charge on any atom is 0.225 e. The van der Waals surface area contributed by atoms with Crippen molar-refractivity contribution in [3.63, 3.8) is 0 Å². The zero-order chi connectivity index (χ0) is 13.7. The van der Waals surface area contributed by atoms with Gasteiger partial charge in [-0.25, -0.2) is 0 Å². The first-order valence-electron chi connectivity index (χ1n) is 6.55. The van der Waals surface area contributed by atoms with Gasteiger partial charge in [0.1, 0.15) is 0 Å². The molecule has 2 aromatic carbocycles. The summed E-state index contributed by atoms with van der Waals surface area (Å²) in [5.41, 5.74) is 3.53. The molecule has 2 aromatic rings. The number of carbonyl (C=O) groups is 1. The third-order valence-electron chi connectivity index (χ3n) is 3.38. The van der Waals surface area contributed by atoms with E-state index < -0.39 is 0 Å². The second kappa shape index (κ2) is 6.53. The average Bonchev–Trinajstić information content (AvgIpc) is 2.45. The van der Waals surface area contributed by atoms with Crippen LogP contribution in [-0.4, -0.2) is 5.24 Å². The van der Waals surface area contributed by atoms with E-state index in [4.69, 9.17) is 11.6 Å². The van der Waals surface area contributed by atoms with Gasteiger partial charge in [-0.3, -0.25) is 4.79 Å². The molecule has 98 valence electrons. The van der Waals surface area contributed by atoms with Crippen molar-refractivity contribution in [1.29, 1.82) is 0 Å². The molecule has 19 heavy (non-hydrogen) atoms. The van der Waals surface area contributed by atoms with Crippen molar-refractivity contribution in [3.8, 4) is 11.1 Å². The quantitative estimate of drug-likeness (QED) is 0.722. The third-order valence-corrected chi connectivity index (χ3v) is 3.69. The van der Waals surface area contributed by atoms with E-state index >= 15 is 0 Å². The molecule has 0 aromatic heterocycles. The van der Waals surface area contributed by atoms with E-state index in [9.17, 15) is 4.79 Å². The van der Waals surface area contributed by atoms with Gasteiger partial charge in [0.15, 0.2) is 0 Å². The van der Waals surface area contributed by atoms with Crippen molar-refractivity contribution in [1.82, 2.24) is 0 Å². The molecule has 1 nitrogen and oxygen atoms in total. The summed E-state index contributed by atoms with van der Waals surface area (Å²) in [5, 5.41) is -0.245. The number of rotatable bonds is 5. The number of hydrogen-bond acceptors (Lipinski definition) is 1. The highest BCUT2D eigenvalue weighted by Crippen LogP contribution is 2.26. The Morgan fingerprint density at radius 3 is 2.32 bits per heavy atom. The van der Waals surface area contributed by atoms with Gasteiger partial charge in [0.05, 0.1) is 0 Å². The van der Waals surface area contributed by atoms with Gasteiger partial charge in [-0.1, -0.05) is 61.5 Å². The van der Waals surface area contributed by atoms with Crippen molar-refractivity contribution < 1.29 is 4.79 Å². The second-order valence-electron chi connectivity index (χ2n) is 4.64. The summed E-state index contributed by atoms with van der Waals surface area (Å²) in [4.78, 5) is 11.4. The van der Waals surface area contributed by atoms with E-state index in [0.717, 1.165) is 6.42 Å². The minimum absolute atomic E-state index is 0.105. The summed E-state index contributed by atoms with van der Waals surface area (Å²) in [6.45, 7) is 2.00. The molecule has 0 saturated heterocycles. The van der Waals surface area contributed by atoms with E-state index in [-0.39, 0.29) is 11.2 Å². The molecule has 0 amide bonds. The normalized spacial score (nSPS) is 12.1. The number of carbonyl (C=O) groups excluding carboxylic acids is 1. The van der Waals surface area contributed by atoms with Crippen LogP contribution in [0, 0.1) is 5.92 Å². The molecular formula is C17H17ClO. The Kier molecular flexibility index (Phi) is 4.75. The molecule has 0 saturated carbocycles. The number of halogens is 1.